The van der Waals surface area contributed by atoms with Crippen molar-refractivity contribution < 1.29 is 52.5 Å². The van der Waals surface area contributed by atoms with E-state index in [0.29, 0.717) is 11.3 Å². The van der Waals surface area contributed by atoms with E-state index in [1.165, 1.54) is 7.11 Å². The summed E-state index contributed by atoms with van der Waals surface area (Å²) in [5, 5.41) is 0. The lowest BCUT2D eigenvalue weighted by atomic mass is 9.99. The van der Waals surface area contributed by atoms with Gasteiger partial charge < -0.3 is 37.9 Å². The van der Waals surface area contributed by atoms with Crippen molar-refractivity contribution in [2.24, 2.45) is 0 Å². The first kappa shape index (κ1) is 30.6. The molecule has 5 unspecified atom stereocenters. The Morgan fingerprint density at radius 3 is 2.26 bits per heavy atom. The lowest BCUT2D eigenvalue weighted by Gasteiger charge is -2.36. The molecule has 0 amide bonds. The Kier molecular flexibility index (Phi) is 9.31. The predicted molar refractivity (Wildman–Crippen MR) is 149 cm³/mol. The summed E-state index contributed by atoms with van der Waals surface area (Å²) in [6, 6.07) is 12.8. The van der Waals surface area contributed by atoms with E-state index in [1.807, 2.05) is 70.2 Å². The number of ether oxygens (including phenoxy) is 8. The number of carbonyl (C=O) groups excluding carboxylic acids is 1. The Morgan fingerprint density at radius 1 is 0.857 bits per heavy atom. The fourth-order valence-corrected chi connectivity index (χ4v) is 5.19. The van der Waals surface area contributed by atoms with Crippen molar-refractivity contribution in [2.45, 2.75) is 76.6 Å². The van der Waals surface area contributed by atoms with Gasteiger partial charge in [-0.2, -0.15) is 0 Å². The van der Waals surface area contributed by atoms with Gasteiger partial charge in [-0.15, -0.1) is 0 Å². The number of esters is 1. The molecular formula is C31H38O11. The summed E-state index contributed by atoms with van der Waals surface area (Å²) in [7, 11) is 3.01. The average molecular weight is 587 g/mol. The maximum absolute atomic E-state index is 12.9. The molecule has 3 aliphatic rings. The van der Waals surface area contributed by atoms with Gasteiger partial charge in [-0.3, -0.25) is 0 Å². The zero-order valence-corrected chi connectivity index (χ0v) is 24.7. The second-order valence-electron chi connectivity index (χ2n) is 11.1. The molecule has 5 atom stereocenters. The third kappa shape index (κ3) is 7.19. The Hall–Kier alpha value is -2.87. The van der Waals surface area contributed by atoms with E-state index >= 15 is 0 Å². The monoisotopic (exact) mass is 586 g/mol. The summed E-state index contributed by atoms with van der Waals surface area (Å²) in [5.41, 5.74) is 3.07. The molecule has 5 rings (SSSR count). The minimum atomic E-state index is -0.825. The van der Waals surface area contributed by atoms with Crippen LogP contribution in [0.3, 0.4) is 0 Å². The molecule has 0 saturated carbocycles. The normalized spacial score (nSPS) is 27.5. The van der Waals surface area contributed by atoms with Gasteiger partial charge in [-0.25, -0.2) is 14.6 Å². The van der Waals surface area contributed by atoms with Gasteiger partial charge in [-0.1, -0.05) is 30.4 Å². The highest BCUT2D eigenvalue weighted by Crippen LogP contribution is 2.44. The highest BCUT2D eigenvalue weighted by Gasteiger charge is 2.60. The molecule has 0 aliphatic carbocycles. The number of benzene rings is 2. The van der Waals surface area contributed by atoms with Crippen LogP contribution in [0, 0.1) is 0 Å². The van der Waals surface area contributed by atoms with Crippen molar-refractivity contribution in [1.82, 2.24) is 0 Å². The van der Waals surface area contributed by atoms with E-state index in [0.717, 1.165) is 16.7 Å². The highest BCUT2D eigenvalue weighted by atomic mass is 17.2. The lowest BCUT2D eigenvalue weighted by Crippen LogP contribution is -2.56. The molecule has 0 aromatic heterocycles. The Bertz CT molecular complexity index is 1260. The Labute approximate surface area is 245 Å². The van der Waals surface area contributed by atoms with Crippen LogP contribution < -0.4 is 4.74 Å². The SMILES string of the molecule is COCOc1ccc(C=Cc2ccc(C(=O)OCC3OC4OC(C)(C)OC4C4OC(C)(C)OC34)cc2)cc1COOC. The van der Waals surface area contributed by atoms with Crippen LogP contribution in [0.5, 0.6) is 5.75 Å². The van der Waals surface area contributed by atoms with Crippen molar-refractivity contribution in [2.75, 3.05) is 27.6 Å². The van der Waals surface area contributed by atoms with Gasteiger partial charge in [0.15, 0.2) is 24.7 Å². The van der Waals surface area contributed by atoms with Gasteiger partial charge in [0.25, 0.3) is 0 Å². The standard InChI is InChI=1S/C31H38O11/c1-30(2)39-25-24(38-29-27(26(25)40-30)41-31(3,4)42-29)17-35-28(32)21-12-9-19(10-13-21)7-8-20-11-14-23(36-18-33-5)22(15-20)16-37-34-6/h7-15,24-27,29H,16-18H2,1-6H3. The Balaban J connectivity index is 1.19. The molecule has 3 aliphatic heterocycles. The average Bonchev–Trinajstić information content (AvgIpc) is 3.46. The maximum atomic E-state index is 12.9. The molecule has 0 N–H and O–H groups in total. The number of fused-ring (bicyclic) bond motifs is 3. The van der Waals surface area contributed by atoms with E-state index in [-0.39, 0.29) is 20.0 Å². The van der Waals surface area contributed by atoms with Crippen molar-refractivity contribution in [3.8, 4) is 5.75 Å². The number of hydrogen-bond acceptors (Lipinski definition) is 11. The molecule has 0 spiro atoms. The molecule has 42 heavy (non-hydrogen) atoms. The topological polar surface area (TPSA) is 109 Å². The molecule has 0 radical (unpaired) electrons. The fraction of sp³-hybridized carbons (Fsp3) is 0.516. The van der Waals surface area contributed by atoms with Gasteiger partial charge in [0, 0.05) is 12.7 Å². The molecule has 228 valence electrons. The van der Waals surface area contributed by atoms with Crippen molar-refractivity contribution in [3.05, 3.63) is 64.7 Å². The third-order valence-electron chi connectivity index (χ3n) is 6.99. The molecule has 0 bridgehead atoms. The van der Waals surface area contributed by atoms with Crippen LogP contribution in [-0.4, -0.2) is 75.9 Å². The van der Waals surface area contributed by atoms with Gasteiger partial charge in [0.2, 0.25) is 0 Å². The first-order chi connectivity index (χ1) is 20.1. The molecule has 11 heteroatoms. The second kappa shape index (κ2) is 12.8. The van der Waals surface area contributed by atoms with Gasteiger partial charge in [0.1, 0.15) is 43.4 Å². The van der Waals surface area contributed by atoms with Crippen LogP contribution in [0.25, 0.3) is 12.2 Å². The molecule has 11 nitrogen and oxygen atoms in total. The summed E-state index contributed by atoms with van der Waals surface area (Å²) in [4.78, 5) is 22.7. The van der Waals surface area contributed by atoms with Crippen LogP contribution in [0.1, 0.15) is 54.7 Å². The van der Waals surface area contributed by atoms with Crippen LogP contribution in [-0.2, 0) is 49.5 Å². The van der Waals surface area contributed by atoms with E-state index in [1.54, 1.807) is 19.2 Å². The minimum absolute atomic E-state index is 0.0205. The Morgan fingerprint density at radius 2 is 1.52 bits per heavy atom. The number of hydrogen-bond donors (Lipinski definition) is 0. The summed E-state index contributed by atoms with van der Waals surface area (Å²) in [6.45, 7) is 7.64. The van der Waals surface area contributed by atoms with E-state index in [9.17, 15) is 4.79 Å². The van der Waals surface area contributed by atoms with E-state index < -0.39 is 48.2 Å². The summed E-state index contributed by atoms with van der Waals surface area (Å²) >= 11 is 0. The zero-order valence-electron chi connectivity index (χ0n) is 24.7. The van der Waals surface area contributed by atoms with Crippen LogP contribution >= 0.6 is 0 Å². The molecule has 3 heterocycles. The van der Waals surface area contributed by atoms with E-state index in [2.05, 4.69) is 0 Å². The van der Waals surface area contributed by atoms with Crippen molar-refractivity contribution in [1.29, 1.82) is 0 Å². The van der Waals surface area contributed by atoms with E-state index in [4.69, 9.17) is 47.7 Å². The van der Waals surface area contributed by atoms with Crippen molar-refractivity contribution >= 4 is 18.1 Å². The maximum Gasteiger partial charge on any atom is 0.338 e. The zero-order chi connectivity index (χ0) is 29.9. The lowest BCUT2D eigenvalue weighted by molar-refractivity contribution is -0.282. The fourth-order valence-electron chi connectivity index (χ4n) is 5.19. The highest BCUT2D eigenvalue weighted by molar-refractivity contribution is 5.89. The molecular weight excluding hydrogens is 548 g/mol. The summed E-state index contributed by atoms with van der Waals surface area (Å²) < 4.78 is 46.5. The van der Waals surface area contributed by atoms with Gasteiger partial charge in [-0.05, 0) is 63.1 Å². The summed E-state index contributed by atoms with van der Waals surface area (Å²) in [6.07, 6.45) is 1.35. The predicted octanol–water partition coefficient (Wildman–Crippen LogP) is 4.47. The smallest absolute Gasteiger partial charge is 0.338 e. The first-order valence-electron chi connectivity index (χ1n) is 13.8. The van der Waals surface area contributed by atoms with Crippen LogP contribution in [0.2, 0.25) is 0 Å². The number of rotatable bonds is 11. The van der Waals surface area contributed by atoms with Crippen molar-refractivity contribution in [3.63, 3.8) is 0 Å². The summed E-state index contributed by atoms with van der Waals surface area (Å²) in [5.74, 6) is -1.47. The van der Waals surface area contributed by atoms with Gasteiger partial charge >= 0.3 is 5.97 Å². The third-order valence-corrected chi connectivity index (χ3v) is 6.99. The molecule has 3 fully saturated rings. The molecule has 2 aromatic carbocycles. The largest absolute Gasteiger partial charge is 0.467 e. The number of methoxy groups -OCH3 is 1. The minimum Gasteiger partial charge on any atom is -0.467 e. The quantitative estimate of drug-likeness (QED) is 0.122. The van der Waals surface area contributed by atoms with Gasteiger partial charge in [0.05, 0.1) is 12.7 Å². The second-order valence-corrected chi connectivity index (χ2v) is 11.1. The van der Waals surface area contributed by atoms with Crippen LogP contribution in [0.15, 0.2) is 42.5 Å². The number of carbonyl (C=O) groups is 1. The first-order valence-corrected chi connectivity index (χ1v) is 13.8. The molecule has 3 saturated heterocycles. The van der Waals surface area contributed by atoms with Crippen LogP contribution in [0.4, 0.5) is 0 Å². The molecule has 2 aromatic rings.